The average molecular weight is 325 g/mol. The molecule has 0 aromatic heterocycles. The second-order valence-corrected chi connectivity index (χ2v) is 5.39. The number of urea groups is 1. The van der Waals surface area contributed by atoms with Crippen molar-refractivity contribution >= 4 is 18.2 Å². The highest BCUT2D eigenvalue weighted by Gasteiger charge is 2.10. The number of carbonyl (C=O) groups excluding carboxylic acids is 2. The first-order chi connectivity index (χ1) is 11.5. The molecule has 0 bridgehead atoms. The Morgan fingerprint density at radius 1 is 1.12 bits per heavy atom. The number of hydrogen-bond donors (Lipinski definition) is 2. The van der Waals surface area contributed by atoms with Crippen molar-refractivity contribution in [3.05, 3.63) is 59.7 Å². The van der Waals surface area contributed by atoms with Crippen molar-refractivity contribution in [2.45, 2.75) is 20.0 Å². The summed E-state index contributed by atoms with van der Waals surface area (Å²) in [6.45, 7) is 3.62. The molecular weight excluding hydrogens is 306 g/mol. The van der Waals surface area contributed by atoms with E-state index >= 15 is 0 Å². The van der Waals surface area contributed by atoms with E-state index in [-0.39, 0.29) is 12.1 Å². The van der Waals surface area contributed by atoms with Crippen LogP contribution in [0.3, 0.4) is 0 Å². The topological polar surface area (TPSA) is 93.8 Å². The number of carbonyl (C=O) groups is 2. The maximum Gasteiger partial charge on any atom is 0.338 e. The molecule has 0 unspecified atom stereocenters. The zero-order valence-electron chi connectivity index (χ0n) is 13.5. The molecule has 0 saturated carbocycles. The Morgan fingerprint density at radius 3 is 2.46 bits per heavy atom. The van der Waals surface area contributed by atoms with Crippen molar-refractivity contribution in [3.63, 3.8) is 0 Å². The highest BCUT2D eigenvalue weighted by atomic mass is 16.5. The predicted octanol–water partition coefficient (Wildman–Crippen LogP) is 2.92. The Kier molecular flexibility index (Phi) is 5.68. The minimum atomic E-state index is -0.723. The van der Waals surface area contributed by atoms with Gasteiger partial charge in [-0.05, 0) is 48.7 Å². The molecule has 0 fully saturated rings. The zero-order valence-corrected chi connectivity index (χ0v) is 13.5. The van der Waals surface area contributed by atoms with Crippen molar-refractivity contribution in [1.82, 2.24) is 5.43 Å². The lowest BCUT2D eigenvalue weighted by molar-refractivity contribution is 0.0378. The minimum Gasteiger partial charge on any atom is -0.459 e. The van der Waals surface area contributed by atoms with E-state index in [2.05, 4.69) is 10.5 Å². The summed E-state index contributed by atoms with van der Waals surface area (Å²) in [5.74, 6) is -0.352. The summed E-state index contributed by atoms with van der Waals surface area (Å²) >= 11 is 0. The molecule has 0 heterocycles. The summed E-state index contributed by atoms with van der Waals surface area (Å²) in [5, 5.41) is 3.73. The predicted molar refractivity (Wildman–Crippen MR) is 92.7 cm³/mol. The number of amides is 2. The first kappa shape index (κ1) is 17.2. The smallest absolute Gasteiger partial charge is 0.338 e. The molecule has 0 atom stereocenters. The van der Waals surface area contributed by atoms with Crippen LogP contribution in [0.1, 0.15) is 29.8 Å². The van der Waals surface area contributed by atoms with Crippen LogP contribution in [-0.2, 0) is 4.74 Å². The highest BCUT2D eigenvalue weighted by molar-refractivity contribution is 5.91. The highest BCUT2D eigenvalue weighted by Crippen LogP contribution is 2.21. The van der Waals surface area contributed by atoms with Gasteiger partial charge in [0.25, 0.3) is 0 Å². The van der Waals surface area contributed by atoms with Crippen LogP contribution >= 0.6 is 0 Å². The van der Waals surface area contributed by atoms with Crippen LogP contribution in [0.25, 0.3) is 11.1 Å². The van der Waals surface area contributed by atoms with Crippen LogP contribution in [0.5, 0.6) is 0 Å². The number of nitrogens with zero attached hydrogens (tertiary/aromatic N) is 1. The van der Waals surface area contributed by atoms with Crippen molar-refractivity contribution < 1.29 is 14.3 Å². The number of hydrazone groups is 1. The molecule has 2 aromatic rings. The number of rotatable bonds is 5. The van der Waals surface area contributed by atoms with E-state index in [1.54, 1.807) is 12.1 Å². The Balaban J connectivity index is 2.24. The minimum absolute atomic E-state index is 0.168. The molecule has 3 N–H and O–H groups in total. The van der Waals surface area contributed by atoms with Crippen LogP contribution in [-0.4, -0.2) is 24.3 Å². The van der Waals surface area contributed by atoms with Crippen molar-refractivity contribution in [2.75, 3.05) is 0 Å². The maximum absolute atomic E-state index is 12.0. The Labute approximate surface area is 140 Å². The lowest BCUT2D eigenvalue weighted by Crippen LogP contribution is -2.24. The Hall–Kier alpha value is -3.15. The van der Waals surface area contributed by atoms with E-state index in [0.29, 0.717) is 5.56 Å². The first-order valence-electron chi connectivity index (χ1n) is 7.45. The molecular formula is C18H19N3O3. The van der Waals surface area contributed by atoms with E-state index in [4.69, 9.17) is 10.5 Å². The number of hydrogen-bond acceptors (Lipinski definition) is 4. The van der Waals surface area contributed by atoms with Crippen LogP contribution in [0.4, 0.5) is 4.79 Å². The second kappa shape index (κ2) is 7.92. The van der Waals surface area contributed by atoms with E-state index in [1.165, 1.54) is 6.21 Å². The largest absolute Gasteiger partial charge is 0.459 e. The molecule has 24 heavy (non-hydrogen) atoms. The fourth-order valence-electron chi connectivity index (χ4n) is 2.08. The number of ether oxygens (including phenoxy) is 1. The molecule has 6 nitrogen and oxygen atoms in total. The molecule has 2 aromatic carbocycles. The lowest BCUT2D eigenvalue weighted by Gasteiger charge is -2.09. The first-order valence-corrected chi connectivity index (χ1v) is 7.45. The second-order valence-electron chi connectivity index (χ2n) is 5.39. The Morgan fingerprint density at radius 2 is 1.79 bits per heavy atom. The third kappa shape index (κ3) is 4.95. The van der Waals surface area contributed by atoms with Gasteiger partial charge in [0, 0.05) is 0 Å². The van der Waals surface area contributed by atoms with Gasteiger partial charge in [0.2, 0.25) is 0 Å². The van der Waals surface area contributed by atoms with Gasteiger partial charge in [0.1, 0.15) is 0 Å². The summed E-state index contributed by atoms with van der Waals surface area (Å²) in [5.41, 5.74) is 10.2. The van der Waals surface area contributed by atoms with Crippen LogP contribution in [0, 0.1) is 0 Å². The number of nitrogens with one attached hydrogen (secondary N) is 1. The number of primary amides is 1. The summed E-state index contributed by atoms with van der Waals surface area (Å²) in [6.07, 6.45) is 1.32. The van der Waals surface area contributed by atoms with E-state index in [9.17, 15) is 9.59 Å². The van der Waals surface area contributed by atoms with Gasteiger partial charge in [0.15, 0.2) is 0 Å². The monoisotopic (exact) mass is 325 g/mol. The quantitative estimate of drug-likeness (QED) is 0.503. The molecule has 2 amide bonds. The van der Waals surface area contributed by atoms with E-state index in [1.807, 2.05) is 50.2 Å². The molecule has 0 aliphatic heterocycles. The number of nitrogens with two attached hydrogens (primary N) is 1. The normalized spacial score (nSPS) is 10.8. The standard InChI is InChI=1S/C18H19N3O3/c1-12(2)24-17(22)16-8-4-7-15(10-16)14-6-3-5-13(9-14)11-20-21-18(19)23/h3-12H,1-2H3,(H3,19,21,23). The molecule has 0 spiro atoms. The molecule has 6 heteroatoms. The molecule has 0 radical (unpaired) electrons. The Bertz CT molecular complexity index is 770. The third-order valence-electron chi connectivity index (χ3n) is 3.05. The van der Waals surface area contributed by atoms with Crippen molar-refractivity contribution in [1.29, 1.82) is 0 Å². The van der Waals surface area contributed by atoms with Crippen LogP contribution in [0.15, 0.2) is 53.6 Å². The van der Waals surface area contributed by atoms with Crippen LogP contribution in [0.2, 0.25) is 0 Å². The van der Waals surface area contributed by atoms with Crippen molar-refractivity contribution in [2.24, 2.45) is 10.8 Å². The molecule has 2 rings (SSSR count). The molecule has 0 saturated heterocycles. The van der Waals surface area contributed by atoms with Gasteiger partial charge < -0.3 is 10.5 Å². The SMILES string of the molecule is CC(C)OC(=O)c1cccc(-c2cccc(C=NNC(N)=O)c2)c1. The average Bonchev–Trinajstić information content (AvgIpc) is 2.54. The van der Waals surface area contributed by atoms with Gasteiger partial charge in [-0.1, -0.05) is 30.3 Å². The lowest BCUT2D eigenvalue weighted by atomic mass is 10.0. The third-order valence-corrected chi connectivity index (χ3v) is 3.05. The van der Waals surface area contributed by atoms with Gasteiger partial charge in [-0.15, -0.1) is 0 Å². The van der Waals surface area contributed by atoms with Crippen LogP contribution < -0.4 is 11.2 Å². The molecule has 124 valence electrons. The number of benzene rings is 2. The van der Waals surface area contributed by atoms with E-state index < -0.39 is 6.03 Å². The summed E-state index contributed by atoms with van der Waals surface area (Å²) in [4.78, 5) is 22.6. The van der Waals surface area contributed by atoms with E-state index in [0.717, 1.165) is 16.7 Å². The molecule has 0 aliphatic rings. The summed E-state index contributed by atoms with van der Waals surface area (Å²) < 4.78 is 5.21. The summed E-state index contributed by atoms with van der Waals surface area (Å²) in [6, 6.07) is 14.0. The number of esters is 1. The zero-order chi connectivity index (χ0) is 17.5. The van der Waals surface area contributed by atoms with Gasteiger partial charge in [-0.25, -0.2) is 15.0 Å². The van der Waals surface area contributed by atoms with Gasteiger partial charge >= 0.3 is 12.0 Å². The summed E-state index contributed by atoms with van der Waals surface area (Å²) in [7, 11) is 0. The van der Waals surface area contributed by atoms with Crippen molar-refractivity contribution in [3.8, 4) is 11.1 Å². The van der Waals surface area contributed by atoms with Gasteiger partial charge in [-0.2, -0.15) is 5.10 Å². The maximum atomic E-state index is 12.0. The molecule has 0 aliphatic carbocycles. The van der Waals surface area contributed by atoms with Gasteiger partial charge in [0.05, 0.1) is 17.9 Å². The van der Waals surface area contributed by atoms with Gasteiger partial charge in [-0.3, -0.25) is 0 Å². The fourth-order valence-corrected chi connectivity index (χ4v) is 2.08. The fraction of sp³-hybridized carbons (Fsp3) is 0.167.